The fourth-order valence-electron chi connectivity index (χ4n) is 1.93. The van der Waals surface area contributed by atoms with Crippen LogP contribution in [0.2, 0.25) is 0 Å². The van der Waals surface area contributed by atoms with Gasteiger partial charge in [0.25, 0.3) is 0 Å². The van der Waals surface area contributed by atoms with Crippen LogP contribution in [0, 0.1) is 0 Å². The molecule has 2 aromatic rings. The Kier molecular flexibility index (Phi) is 3.00. The zero-order valence-corrected chi connectivity index (χ0v) is 9.90. The van der Waals surface area contributed by atoms with Crippen LogP contribution in [0.4, 0.5) is 5.69 Å². The second-order valence-corrected chi connectivity index (χ2v) is 4.31. The van der Waals surface area contributed by atoms with Crippen LogP contribution in [0.5, 0.6) is 0 Å². The number of anilines is 1. The maximum Gasteiger partial charge on any atom is 0.338 e. The average Bonchev–Trinajstić information content (AvgIpc) is 2.27. The van der Waals surface area contributed by atoms with Crippen LogP contribution in [0.25, 0.3) is 10.8 Å². The molecule has 0 amide bonds. The molecule has 0 aliphatic rings. The van der Waals surface area contributed by atoms with Crippen molar-refractivity contribution < 1.29 is 9.90 Å². The van der Waals surface area contributed by atoms with E-state index in [9.17, 15) is 9.90 Å². The van der Waals surface area contributed by atoms with Gasteiger partial charge in [0.1, 0.15) is 0 Å². The minimum atomic E-state index is -0.898. The molecule has 0 fully saturated rings. The summed E-state index contributed by atoms with van der Waals surface area (Å²) < 4.78 is 0. The normalized spacial score (nSPS) is 10.8. The molecule has 0 radical (unpaired) electrons. The first-order valence-electron chi connectivity index (χ1n) is 5.61. The molecule has 17 heavy (non-hydrogen) atoms. The van der Waals surface area contributed by atoms with Crippen molar-refractivity contribution in [3.63, 3.8) is 0 Å². The highest BCUT2D eigenvalue weighted by atomic mass is 16.4. The number of benzene rings is 2. The minimum Gasteiger partial charge on any atom is -0.478 e. The van der Waals surface area contributed by atoms with Gasteiger partial charge in [-0.05, 0) is 30.7 Å². The Balaban J connectivity index is 2.68. The van der Waals surface area contributed by atoms with Gasteiger partial charge in [-0.15, -0.1) is 0 Å². The first-order chi connectivity index (χ1) is 8.09. The first-order valence-corrected chi connectivity index (χ1v) is 5.61. The number of hydrogen-bond acceptors (Lipinski definition) is 2. The van der Waals surface area contributed by atoms with E-state index < -0.39 is 5.97 Å². The predicted octanol–water partition coefficient (Wildman–Crippen LogP) is 3.36. The second kappa shape index (κ2) is 4.45. The highest BCUT2D eigenvalue weighted by Gasteiger charge is 2.14. The summed E-state index contributed by atoms with van der Waals surface area (Å²) in [6.07, 6.45) is 0. The van der Waals surface area contributed by atoms with E-state index in [1.165, 1.54) is 0 Å². The van der Waals surface area contributed by atoms with Crippen LogP contribution in [0.3, 0.4) is 0 Å². The predicted molar refractivity (Wildman–Crippen MR) is 69.7 cm³/mol. The smallest absolute Gasteiger partial charge is 0.338 e. The molecule has 0 aliphatic carbocycles. The molecule has 0 spiro atoms. The van der Waals surface area contributed by atoms with E-state index in [4.69, 9.17) is 0 Å². The van der Waals surface area contributed by atoms with Crippen molar-refractivity contribution in [3.8, 4) is 0 Å². The average molecular weight is 229 g/mol. The van der Waals surface area contributed by atoms with Crippen molar-refractivity contribution in [1.29, 1.82) is 0 Å². The maximum atomic E-state index is 11.4. The third kappa shape index (κ3) is 2.23. The summed E-state index contributed by atoms with van der Waals surface area (Å²) in [6, 6.07) is 11.5. The maximum absolute atomic E-state index is 11.4. The lowest BCUT2D eigenvalue weighted by molar-refractivity contribution is 0.0700. The molecular weight excluding hydrogens is 214 g/mol. The van der Waals surface area contributed by atoms with Gasteiger partial charge in [0, 0.05) is 11.7 Å². The molecular formula is C14H15NO2. The number of hydrogen-bond donors (Lipinski definition) is 2. The lowest BCUT2D eigenvalue weighted by atomic mass is 10.0. The highest BCUT2D eigenvalue weighted by Crippen LogP contribution is 2.26. The van der Waals surface area contributed by atoms with Gasteiger partial charge in [-0.25, -0.2) is 4.79 Å². The Bertz CT molecular complexity index is 561. The summed E-state index contributed by atoms with van der Waals surface area (Å²) in [6.45, 7) is 3.97. The molecule has 0 unspecified atom stereocenters. The van der Waals surface area contributed by atoms with E-state index in [0.29, 0.717) is 11.3 Å². The van der Waals surface area contributed by atoms with E-state index in [1.54, 1.807) is 0 Å². The van der Waals surface area contributed by atoms with Crippen molar-refractivity contribution in [2.24, 2.45) is 0 Å². The standard InChI is InChI=1S/C14H15NO2/c1-9(2)15-12-8-7-10-5-3-4-6-11(10)13(12)14(16)17/h3-9,15H,1-2H3,(H,16,17). The van der Waals surface area contributed by atoms with Crippen LogP contribution in [0.1, 0.15) is 24.2 Å². The third-order valence-corrected chi connectivity index (χ3v) is 2.59. The van der Waals surface area contributed by atoms with Gasteiger partial charge >= 0.3 is 5.97 Å². The van der Waals surface area contributed by atoms with Crippen LogP contribution in [-0.2, 0) is 0 Å². The summed E-state index contributed by atoms with van der Waals surface area (Å²) >= 11 is 0. The molecule has 0 bridgehead atoms. The molecule has 0 aromatic heterocycles. The fourth-order valence-corrected chi connectivity index (χ4v) is 1.93. The van der Waals surface area contributed by atoms with Crippen LogP contribution >= 0.6 is 0 Å². The highest BCUT2D eigenvalue weighted by molar-refractivity contribution is 6.08. The van der Waals surface area contributed by atoms with Gasteiger partial charge in [0.05, 0.1) is 5.56 Å². The van der Waals surface area contributed by atoms with Crippen molar-refractivity contribution in [3.05, 3.63) is 42.0 Å². The second-order valence-electron chi connectivity index (χ2n) is 4.31. The molecule has 0 saturated heterocycles. The lowest BCUT2D eigenvalue weighted by Crippen LogP contribution is -2.13. The number of nitrogens with one attached hydrogen (secondary N) is 1. The SMILES string of the molecule is CC(C)Nc1ccc2ccccc2c1C(=O)O. The van der Waals surface area contributed by atoms with Crippen molar-refractivity contribution >= 4 is 22.4 Å². The molecule has 2 N–H and O–H groups in total. The zero-order chi connectivity index (χ0) is 12.4. The molecule has 0 saturated carbocycles. The molecule has 3 heteroatoms. The van der Waals surface area contributed by atoms with E-state index in [1.807, 2.05) is 50.2 Å². The summed E-state index contributed by atoms with van der Waals surface area (Å²) in [5.74, 6) is -0.898. The minimum absolute atomic E-state index is 0.203. The van der Waals surface area contributed by atoms with Gasteiger partial charge in [0.2, 0.25) is 0 Å². The van der Waals surface area contributed by atoms with Crippen molar-refractivity contribution in [2.75, 3.05) is 5.32 Å². The lowest BCUT2D eigenvalue weighted by Gasteiger charge is -2.14. The van der Waals surface area contributed by atoms with Crippen LogP contribution in [0.15, 0.2) is 36.4 Å². The van der Waals surface area contributed by atoms with Crippen molar-refractivity contribution in [1.82, 2.24) is 0 Å². The number of carboxylic acid groups (broad SMARTS) is 1. The van der Waals surface area contributed by atoms with Gasteiger partial charge in [-0.2, -0.15) is 0 Å². The largest absolute Gasteiger partial charge is 0.478 e. The van der Waals surface area contributed by atoms with Crippen LogP contribution in [-0.4, -0.2) is 17.1 Å². The monoisotopic (exact) mass is 229 g/mol. The summed E-state index contributed by atoms with van der Waals surface area (Å²) in [7, 11) is 0. The molecule has 0 heterocycles. The van der Waals surface area contributed by atoms with Gasteiger partial charge < -0.3 is 10.4 Å². The Morgan fingerprint density at radius 3 is 2.53 bits per heavy atom. The molecule has 2 aromatic carbocycles. The van der Waals surface area contributed by atoms with Gasteiger partial charge in [0.15, 0.2) is 0 Å². The van der Waals surface area contributed by atoms with Gasteiger partial charge in [-0.1, -0.05) is 30.3 Å². The fraction of sp³-hybridized carbons (Fsp3) is 0.214. The van der Waals surface area contributed by atoms with E-state index in [2.05, 4.69) is 5.32 Å². The Hall–Kier alpha value is -2.03. The molecule has 3 nitrogen and oxygen atoms in total. The quantitative estimate of drug-likeness (QED) is 0.848. The van der Waals surface area contributed by atoms with Gasteiger partial charge in [-0.3, -0.25) is 0 Å². The van der Waals surface area contributed by atoms with E-state index in [-0.39, 0.29) is 6.04 Å². The zero-order valence-electron chi connectivity index (χ0n) is 9.90. The number of fused-ring (bicyclic) bond motifs is 1. The third-order valence-electron chi connectivity index (χ3n) is 2.59. The Morgan fingerprint density at radius 1 is 1.18 bits per heavy atom. The molecule has 88 valence electrons. The Morgan fingerprint density at radius 2 is 1.88 bits per heavy atom. The molecule has 0 aliphatic heterocycles. The van der Waals surface area contributed by atoms with E-state index >= 15 is 0 Å². The van der Waals surface area contributed by atoms with Crippen LogP contribution < -0.4 is 5.32 Å². The topological polar surface area (TPSA) is 49.3 Å². The first kappa shape index (κ1) is 11.5. The Labute approximate surface area is 100 Å². The van der Waals surface area contributed by atoms with E-state index in [0.717, 1.165) is 10.8 Å². The summed E-state index contributed by atoms with van der Waals surface area (Å²) in [4.78, 5) is 11.4. The number of carboxylic acids is 1. The number of aromatic carboxylic acids is 1. The number of rotatable bonds is 3. The van der Waals surface area contributed by atoms with Crippen molar-refractivity contribution in [2.45, 2.75) is 19.9 Å². The molecule has 0 atom stereocenters. The summed E-state index contributed by atoms with van der Waals surface area (Å²) in [5.41, 5.74) is 1.02. The summed E-state index contributed by atoms with van der Waals surface area (Å²) in [5, 5.41) is 14.2. The number of carbonyl (C=O) groups is 1. The molecule has 2 rings (SSSR count).